The molecule has 5 aliphatic rings. The second kappa shape index (κ2) is 8.18. The van der Waals surface area contributed by atoms with E-state index < -0.39 is 0 Å². The van der Waals surface area contributed by atoms with Gasteiger partial charge in [-0.3, -0.25) is 0 Å². The van der Waals surface area contributed by atoms with Crippen molar-refractivity contribution in [1.29, 1.82) is 0 Å². The maximum Gasteiger partial charge on any atom is 0.334 e. The van der Waals surface area contributed by atoms with Crippen LogP contribution >= 0.6 is 0 Å². The predicted molar refractivity (Wildman–Crippen MR) is 139 cm³/mol. The molecule has 4 heteroatoms. The number of carbonyl (C=O) groups excluding carboxylic acids is 1. The lowest BCUT2D eigenvalue weighted by Gasteiger charge is -2.65. The van der Waals surface area contributed by atoms with Crippen molar-refractivity contribution in [2.24, 2.45) is 45.3 Å². The highest BCUT2D eigenvalue weighted by Crippen LogP contribution is 2.73. The molecule has 0 amide bonds. The van der Waals surface area contributed by atoms with E-state index in [4.69, 9.17) is 9.47 Å². The van der Waals surface area contributed by atoms with Crippen LogP contribution in [0.3, 0.4) is 0 Å². The van der Waals surface area contributed by atoms with Crippen molar-refractivity contribution >= 4 is 5.97 Å². The Kier molecular flexibility index (Phi) is 5.97. The minimum Gasteiger partial charge on any atom is -0.455 e. The van der Waals surface area contributed by atoms with Gasteiger partial charge in [0.25, 0.3) is 0 Å². The molecular formula is C31H48O4. The summed E-state index contributed by atoms with van der Waals surface area (Å²) in [5.41, 5.74) is 2.72. The molecule has 0 aromatic heterocycles. The summed E-state index contributed by atoms with van der Waals surface area (Å²) in [5.74, 6) is 1.55. The number of esters is 1. The van der Waals surface area contributed by atoms with Gasteiger partial charge >= 0.3 is 5.97 Å². The average molecular weight is 485 g/mol. The number of allylic oxidation sites excluding steroid dienone is 1. The highest BCUT2D eigenvalue weighted by Gasteiger charge is 2.67. The van der Waals surface area contributed by atoms with Gasteiger partial charge in [0.15, 0.2) is 0 Å². The quantitative estimate of drug-likeness (QED) is 0.367. The van der Waals surface area contributed by atoms with Crippen molar-refractivity contribution in [2.45, 2.75) is 112 Å². The van der Waals surface area contributed by atoms with Crippen molar-refractivity contribution < 1.29 is 19.4 Å². The van der Waals surface area contributed by atoms with E-state index in [0.29, 0.717) is 17.8 Å². The van der Waals surface area contributed by atoms with E-state index in [1.807, 2.05) is 20.1 Å². The first-order valence-electron chi connectivity index (χ1n) is 14.1. The smallest absolute Gasteiger partial charge is 0.334 e. The first kappa shape index (κ1) is 25.5. The van der Waals surface area contributed by atoms with Gasteiger partial charge in [-0.1, -0.05) is 53.2 Å². The summed E-state index contributed by atoms with van der Waals surface area (Å²) in [6.07, 6.45) is 11.9. The second-order valence-electron chi connectivity index (χ2n) is 14.2. The van der Waals surface area contributed by atoms with Crippen LogP contribution in [-0.4, -0.2) is 36.5 Å². The number of carbonyl (C=O) groups is 1. The first-order valence-corrected chi connectivity index (χ1v) is 14.1. The number of hydrogen-bond acceptors (Lipinski definition) is 4. The molecule has 4 nitrogen and oxygen atoms in total. The zero-order valence-corrected chi connectivity index (χ0v) is 23.3. The van der Waals surface area contributed by atoms with Crippen LogP contribution in [0.2, 0.25) is 0 Å². The second-order valence-corrected chi connectivity index (χ2v) is 14.2. The summed E-state index contributed by atoms with van der Waals surface area (Å²) in [4.78, 5) is 11.9. The number of cyclic esters (lactones) is 1. The van der Waals surface area contributed by atoms with Gasteiger partial charge in [-0.15, -0.1) is 0 Å². The average Bonchev–Trinajstić information content (AvgIpc) is 3.24. The van der Waals surface area contributed by atoms with E-state index in [1.165, 1.54) is 12.8 Å². The number of fused-ring (bicyclic) bond motifs is 5. The standard InChI is InChI=1S/C31H48O4/c1-18(15-20-16-19(2)27(33)35-20)21-9-14-31(7)26-22(10-13-30(21,31)6)29(5)12-11-25(34-8)28(3,4)24(29)17-23(26)32/h10,16,18,20-21,23-26,32H,9,11-15,17H2,1-8H3/t18-,20-,21-,23+,24+,25-,26+,29-,30-,31+/m1/s1. The third-order valence-corrected chi connectivity index (χ3v) is 12.4. The third kappa shape index (κ3) is 3.41. The zero-order valence-electron chi connectivity index (χ0n) is 23.3. The highest BCUT2D eigenvalue weighted by atomic mass is 16.5. The fourth-order valence-electron chi connectivity index (χ4n) is 10.3. The predicted octanol–water partition coefficient (Wildman–Crippen LogP) is 6.48. The van der Waals surface area contributed by atoms with Crippen LogP contribution < -0.4 is 0 Å². The molecule has 0 unspecified atom stereocenters. The number of methoxy groups -OCH3 is 1. The van der Waals surface area contributed by atoms with Gasteiger partial charge in [0, 0.05) is 18.6 Å². The van der Waals surface area contributed by atoms with Crippen molar-refractivity contribution in [1.82, 2.24) is 0 Å². The number of aliphatic hydroxyl groups is 1. The van der Waals surface area contributed by atoms with E-state index in [0.717, 1.165) is 37.7 Å². The van der Waals surface area contributed by atoms with Crippen LogP contribution in [0.25, 0.3) is 0 Å². The molecule has 196 valence electrons. The zero-order chi connectivity index (χ0) is 25.6. The lowest BCUT2D eigenvalue weighted by Crippen LogP contribution is -2.61. The molecule has 10 atom stereocenters. The van der Waals surface area contributed by atoms with E-state index >= 15 is 0 Å². The van der Waals surface area contributed by atoms with Gasteiger partial charge in [-0.25, -0.2) is 4.79 Å². The maximum absolute atomic E-state index is 11.9. The summed E-state index contributed by atoms with van der Waals surface area (Å²) in [6.45, 7) is 16.4. The van der Waals surface area contributed by atoms with Crippen molar-refractivity contribution in [3.8, 4) is 0 Å². The number of hydrogen-bond donors (Lipinski definition) is 1. The van der Waals surface area contributed by atoms with Crippen LogP contribution in [0, 0.1) is 45.3 Å². The third-order valence-electron chi connectivity index (χ3n) is 12.4. The van der Waals surface area contributed by atoms with E-state index in [9.17, 15) is 9.90 Å². The van der Waals surface area contributed by atoms with Crippen LogP contribution in [0.5, 0.6) is 0 Å². The van der Waals surface area contributed by atoms with Gasteiger partial charge in [-0.2, -0.15) is 0 Å². The summed E-state index contributed by atoms with van der Waals surface area (Å²) in [5, 5.41) is 11.8. The molecule has 1 heterocycles. The Hall–Kier alpha value is -1.13. The monoisotopic (exact) mass is 484 g/mol. The molecule has 4 aliphatic carbocycles. The number of ether oxygens (including phenoxy) is 2. The summed E-state index contributed by atoms with van der Waals surface area (Å²) in [7, 11) is 1.85. The molecule has 0 saturated heterocycles. The Morgan fingerprint density at radius 1 is 1.14 bits per heavy atom. The Morgan fingerprint density at radius 2 is 1.86 bits per heavy atom. The highest BCUT2D eigenvalue weighted by molar-refractivity contribution is 5.90. The van der Waals surface area contributed by atoms with E-state index in [1.54, 1.807) is 5.57 Å². The van der Waals surface area contributed by atoms with Crippen LogP contribution in [0.4, 0.5) is 0 Å². The Morgan fingerprint density at radius 3 is 2.49 bits per heavy atom. The van der Waals surface area contributed by atoms with Crippen molar-refractivity contribution in [3.05, 3.63) is 23.3 Å². The van der Waals surface area contributed by atoms with Crippen molar-refractivity contribution in [3.63, 3.8) is 0 Å². The molecule has 0 aromatic rings. The van der Waals surface area contributed by atoms with Crippen LogP contribution in [0.1, 0.15) is 93.4 Å². The normalized spacial score (nSPS) is 49.3. The first-order chi connectivity index (χ1) is 16.3. The molecule has 0 bridgehead atoms. The topological polar surface area (TPSA) is 55.8 Å². The molecule has 3 fully saturated rings. The Bertz CT molecular complexity index is 948. The lowest BCUT2D eigenvalue weighted by atomic mass is 9.40. The van der Waals surface area contributed by atoms with Crippen molar-refractivity contribution in [2.75, 3.05) is 7.11 Å². The maximum atomic E-state index is 11.9. The molecule has 1 aliphatic heterocycles. The molecule has 0 radical (unpaired) electrons. The molecule has 35 heavy (non-hydrogen) atoms. The van der Waals surface area contributed by atoms with Crippen LogP contribution in [0.15, 0.2) is 23.3 Å². The summed E-state index contributed by atoms with van der Waals surface area (Å²) >= 11 is 0. The van der Waals surface area contributed by atoms with Gasteiger partial charge in [-0.05, 0) is 97.4 Å². The molecule has 5 rings (SSSR count). The molecule has 3 saturated carbocycles. The van der Waals surface area contributed by atoms with Gasteiger partial charge in [0.1, 0.15) is 6.10 Å². The van der Waals surface area contributed by atoms with Crippen LogP contribution in [-0.2, 0) is 14.3 Å². The molecule has 0 aromatic carbocycles. The minimum atomic E-state index is -0.297. The van der Waals surface area contributed by atoms with Gasteiger partial charge in [0.2, 0.25) is 0 Å². The minimum absolute atomic E-state index is 0.0489. The molecule has 0 spiro atoms. The fourth-order valence-corrected chi connectivity index (χ4v) is 10.3. The van der Waals surface area contributed by atoms with Gasteiger partial charge in [0.05, 0.1) is 12.2 Å². The Labute approximate surface area is 212 Å². The summed E-state index contributed by atoms with van der Waals surface area (Å²) in [6, 6.07) is 0. The Balaban J connectivity index is 1.46. The fraction of sp³-hybridized carbons (Fsp3) is 0.839. The number of aliphatic hydroxyl groups excluding tert-OH is 1. The molecular weight excluding hydrogens is 436 g/mol. The number of rotatable bonds is 4. The summed E-state index contributed by atoms with van der Waals surface area (Å²) < 4.78 is 11.6. The lowest BCUT2D eigenvalue weighted by molar-refractivity contribution is -0.159. The SMILES string of the molecule is CO[C@@H]1CC[C@]2(C)C3=CC[C@]4(C)[C@@H]([C@H](C)C[C@@H]5C=C(C)C(=O)O5)CC[C@@]4(C)[C@@H]3[C@@H](O)C[C@H]2C1(C)C. The van der Waals surface area contributed by atoms with E-state index in [-0.39, 0.29) is 51.9 Å². The van der Waals surface area contributed by atoms with E-state index in [2.05, 4.69) is 47.6 Å². The largest absolute Gasteiger partial charge is 0.455 e. The van der Waals surface area contributed by atoms with Gasteiger partial charge < -0.3 is 14.6 Å². The molecule has 1 N–H and O–H groups in total.